The minimum absolute atomic E-state index is 0.180. The molecule has 2 aromatic rings. The van der Waals surface area contributed by atoms with Crippen LogP contribution in [0, 0.1) is 0 Å². The van der Waals surface area contributed by atoms with Gasteiger partial charge in [0.05, 0.1) is 31.5 Å². The molecule has 0 aromatic heterocycles. The third-order valence-corrected chi connectivity index (χ3v) is 5.43. The van der Waals surface area contributed by atoms with Crippen molar-refractivity contribution in [2.75, 3.05) is 14.2 Å². The van der Waals surface area contributed by atoms with E-state index in [0.717, 1.165) is 5.57 Å². The molecule has 0 radical (unpaired) electrons. The number of aliphatic hydroxyl groups excluding tert-OH is 1. The summed E-state index contributed by atoms with van der Waals surface area (Å²) in [5, 5.41) is 10.8. The van der Waals surface area contributed by atoms with E-state index in [4.69, 9.17) is 9.47 Å². The number of allylic oxidation sites excluding steroid dienone is 1. The first-order valence-electron chi connectivity index (χ1n) is 8.84. The first-order chi connectivity index (χ1) is 13.0. The summed E-state index contributed by atoms with van der Waals surface area (Å²) in [6.07, 6.45) is 2.13. The summed E-state index contributed by atoms with van der Waals surface area (Å²) < 4.78 is 11.2. The maximum absolute atomic E-state index is 13.3. The van der Waals surface area contributed by atoms with Crippen LogP contribution >= 0.6 is 0 Å². The Hall–Kier alpha value is -2.92. The lowest BCUT2D eigenvalue weighted by atomic mass is 9.76. The SMILES string of the molecule is C/C=C1\Cc2c(OC)c3c(c(OC)c2[C@@H](O)C1)C(=O)c1ccccc1C3=O. The molecule has 27 heavy (non-hydrogen) atoms. The monoisotopic (exact) mass is 364 g/mol. The fourth-order valence-corrected chi connectivity index (χ4v) is 4.19. The minimum atomic E-state index is -0.825. The van der Waals surface area contributed by atoms with Gasteiger partial charge < -0.3 is 14.6 Å². The van der Waals surface area contributed by atoms with Gasteiger partial charge in [-0.2, -0.15) is 0 Å². The fourth-order valence-electron chi connectivity index (χ4n) is 4.19. The highest BCUT2D eigenvalue weighted by Crippen LogP contribution is 2.49. The Morgan fingerprint density at radius 1 is 1.00 bits per heavy atom. The van der Waals surface area contributed by atoms with E-state index >= 15 is 0 Å². The Balaban J connectivity index is 2.12. The van der Waals surface area contributed by atoms with Gasteiger partial charge in [0.25, 0.3) is 0 Å². The zero-order valence-electron chi connectivity index (χ0n) is 15.5. The van der Waals surface area contributed by atoms with E-state index in [9.17, 15) is 14.7 Å². The number of ketones is 2. The average molecular weight is 364 g/mol. The minimum Gasteiger partial charge on any atom is -0.496 e. The Labute approximate surface area is 157 Å². The summed E-state index contributed by atoms with van der Waals surface area (Å²) >= 11 is 0. The molecule has 0 amide bonds. The Bertz CT molecular complexity index is 1020. The summed E-state index contributed by atoms with van der Waals surface area (Å²) in [6.45, 7) is 1.92. The smallest absolute Gasteiger partial charge is 0.198 e. The molecule has 2 aliphatic carbocycles. The zero-order valence-corrected chi connectivity index (χ0v) is 15.5. The summed E-state index contributed by atoms with van der Waals surface area (Å²) in [5.74, 6) is 0.0745. The molecule has 5 heteroatoms. The van der Waals surface area contributed by atoms with Crippen molar-refractivity contribution in [1.29, 1.82) is 0 Å². The summed E-state index contributed by atoms with van der Waals surface area (Å²) in [6, 6.07) is 6.75. The van der Waals surface area contributed by atoms with Gasteiger partial charge in [-0.1, -0.05) is 35.9 Å². The molecule has 0 spiro atoms. The highest BCUT2D eigenvalue weighted by atomic mass is 16.5. The highest BCUT2D eigenvalue weighted by molar-refractivity contribution is 6.30. The molecule has 5 nitrogen and oxygen atoms in total. The number of benzene rings is 2. The number of hydrogen-bond donors (Lipinski definition) is 1. The third kappa shape index (κ3) is 2.35. The van der Waals surface area contributed by atoms with Gasteiger partial charge in [-0.3, -0.25) is 9.59 Å². The van der Waals surface area contributed by atoms with Crippen LogP contribution in [0.5, 0.6) is 11.5 Å². The number of carbonyl (C=O) groups is 2. The van der Waals surface area contributed by atoms with Crippen LogP contribution in [-0.2, 0) is 6.42 Å². The second-order valence-electron chi connectivity index (χ2n) is 6.76. The third-order valence-electron chi connectivity index (χ3n) is 5.43. The number of ether oxygens (including phenoxy) is 2. The molecule has 0 fully saturated rings. The van der Waals surface area contributed by atoms with Crippen molar-refractivity contribution in [3.05, 3.63) is 69.3 Å². The second kappa shape index (κ2) is 6.35. The van der Waals surface area contributed by atoms with E-state index in [1.54, 1.807) is 24.3 Å². The molecule has 0 heterocycles. The molecule has 0 aliphatic heterocycles. The number of methoxy groups -OCH3 is 2. The van der Waals surface area contributed by atoms with Crippen LogP contribution in [0.25, 0.3) is 0 Å². The van der Waals surface area contributed by atoms with Crippen LogP contribution < -0.4 is 9.47 Å². The van der Waals surface area contributed by atoms with Gasteiger partial charge in [0.2, 0.25) is 0 Å². The average Bonchev–Trinajstić information content (AvgIpc) is 2.69. The van der Waals surface area contributed by atoms with Crippen LogP contribution in [-0.4, -0.2) is 30.9 Å². The van der Waals surface area contributed by atoms with Gasteiger partial charge in [0, 0.05) is 22.3 Å². The number of aliphatic hydroxyl groups is 1. The van der Waals surface area contributed by atoms with E-state index in [-0.39, 0.29) is 28.4 Å². The molecule has 0 unspecified atom stereocenters. The molecule has 1 N–H and O–H groups in total. The van der Waals surface area contributed by atoms with Crippen molar-refractivity contribution >= 4 is 11.6 Å². The molecule has 138 valence electrons. The van der Waals surface area contributed by atoms with Gasteiger partial charge in [-0.25, -0.2) is 0 Å². The standard InChI is InChI=1S/C22H20O5/c1-4-11-9-14-16(15(23)10-11)22(27-3)18-17(21(14)26-2)19(24)12-7-5-6-8-13(12)20(18)25/h4-8,15,23H,9-10H2,1-3H3/b11-4+/t15-/m0/s1. The lowest BCUT2D eigenvalue weighted by Gasteiger charge is -2.31. The van der Waals surface area contributed by atoms with Crippen LogP contribution in [0.4, 0.5) is 0 Å². The zero-order chi connectivity index (χ0) is 19.3. The first-order valence-corrected chi connectivity index (χ1v) is 8.84. The topological polar surface area (TPSA) is 72.8 Å². The molecule has 0 saturated carbocycles. The van der Waals surface area contributed by atoms with Crippen molar-refractivity contribution in [2.24, 2.45) is 0 Å². The lowest BCUT2D eigenvalue weighted by Crippen LogP contribution is -2.26. The Morgan fingerprint density at radius 2 is 1.56 bits per heavy atom. The predicted octanol–water partition coefficient (Wildman–Crippen LogP) is 3.41. The fraction of sp³-hybridized carbons (Fsp3) is 0.273. The molecule has 2 aliphatic rings. The summed E-state index contributed by atoms with van der Waals surface area (Å²) in [4.78, 5) is 26.5. The highest BCUT2D eigenvalue weighted by Gasteiger charge is 2.41. The van der Waals surface area contributed by atoms with Crippen molar-refractivity contribution in [2.45, 2.75) is 25.9 Å². The predicted molar refractivity (Wildman–Crippen MR) is 99.9 cm³/mol. The number of hydrogen-bond acceptors (Lipinski definition) is 5. The molecule has 4 rings (SSSR count). The van der Waals surface area contributed by atoms with Gasteiger partial charge >= 0.3 is 0 Å². The van der Waals surface area contributed by atoms with Crippen LogP contribution in [0.1, 0.15) is 62.4 Å². The van der Waals surface area contributed by atoms with Gasteiger partial charge in [-0.15, -0.1) is 0 Å². The van der Waals surface area contributed by atoms with Crippen molar-refractivity contribution < 1.29 is 24.2 Å². The second-order valence-corrected chi connectivity index (χ2v) is 6.76. The molecular formula is C22H20O5. The maximum Gasteiger partial charge on any atom is 0.198 e. The van der Waals surface area contributed by atoms with E-state index < -0.39 is 6.10 Å². The summed E-state index contributed by atoms with van der Waals surface area (Å²) in [7, 11) is 2.94. The number of rotatable bonds is 2. The van der Waals surface area contributed by atoms with Crippen LogP contribution in [0.3, 0.4) is 0 Å². The Morgan fingerprint density at radius 3 is 2.07 bits per heavy atom. The van der Waals surface area contributed by atoms with Crippen molar-refractivity contribution in [3.8, 4) is 11.5 Å². The van der Waals surface area contributed by atoms with Crippen LogP contribution in [0.15, 0.2) is 35.9 Å². The Kier molecular flexibility index (Phi) is 4.12. The molecule has 0 saturated heterocycles. The largest absolute Gasteiger partial charge is 0.496 e. The molecule has 0 bridgehead atoms. The normalized spacial score (nSPS) is 19.4. The van der Waals surface area contributed by atoms with Crippen molar-refractivity contribution in [3.63, 3.8) is 0 Å². The van der Waals surface area contributed by atoms with Crippen molar-refractivity contribution in [1.82, 2.24) is 0 Å². The molecular weight excluding hydrogens is 344 g/mol. The number of carbonyl (C=O) groups excluding carboxylic acids is 2. The van der Waals surface area contributed by atoms with Gasteiger partial charge in [-0.05, 0) is 19.8 Å². The van der Waals surface area contributed by atoms with E-state index in [0.29, 0.717) is 40.8 Å². The lowest BCUT2D eigenvalue weighted by molar-refractivity contribution is 0.0971. The molecule has 2 aromatic carbocycles. The van der Waals surface area contributed by atoms with E-state index in [1.807, 2.05) is 13.0 Å². The van der Waals surface area contributed by atoms with E-state index in [2.05, 4.69) is 0 Å². The van der Waals surface area contributed by atoms with Gasteiger partial charge in [0.15, 0.2) is 11.6 Å². The first kappa shape index (κ1) is 17.5. The quantitative estimate of drug-likeness (QED) is 0.706. The maximum atomic E-state index is 13.3. The summed E-state index contributed by atoms with van der Waals surface area (Å²) in [5.41, 5.74) is 3.40. The number of fused-ring (bicyclic) bond motifs is 3. The van der Waals surface area contributed by atoms with E-state index in [1.165, 1.54) is 14.2 Å². The van der Waals surface area contributed by atoms with Gasteiger partial charge in [0.1, 0.15) is 11.5 Å². The van der Waals surface area contributed by atoms with Crippen LogP contribution in [0.2, 0.25) is 0 Å². The molecule has 1 atom stereocenters.